The average molecular weight is 235 g/mol. The molecule has 1 heterocycles. The van der Waals surface area contributed by atoms with Gasteiger partial charge in [0.05, 0.1) is 0 Å². The first-order chi connectivity index (χ1) is 8.35. The van der Waals surface area contributed by atoms with Crippen molar-refractivity contribution in [2.45, 2.75) is 58.0 Å². The third-order valence-corrected chi connectivity index (χ3v) is 4.10. The summed E-state index contributed by atoms with van der Waals surface area (Å²) in [6, 6.07) is 0.606. The number of likely N-dealkylation sites (N-methyl/N-ethyl adjacent to an activating group) is 1. The van der Waals surface area contributed by atoms with Gasteiger partial charge in [0.2, 0.25) is 0 Å². The van der Waals surface area contributed by atoms with Crippen molar-refractivity contribution in [1.29, 1.82) is 0 Å². The molecule has 1 aromatic rings. The lowest BCUT2D eigenvalue weighted by Gasteiger charge is -2.30. The van der Waals surface area contributed by atoms with Crippen molar-refractivity contribution in [3.63, 3.8) is 0 Å². The highest BCUT2D eigenvalue weighted by molar-refractivity contribution is 4.93. The van der Waals surface area contributed by atoms with Crippen LogP contribution < -0.4 is 5.32 Å². The first kappa shape index (κ1) is 12.6. The molecule has 1 unspecified atom stereocenters. The van der Waals surface area contributed by atoms with Gasteiger partial charge in [-0.1, -0.05) is 26.2 Å². The highest BCUT2D eigenvalue weighted by atomic mass is 15.1. The normalized spacial score (nSPS) is 19.4. The number of hydrogen-bond acceptors (Lipinski definition) is 2. The summed E-state index contributed by atoms with van der Waals surface area (Å²) in [5.74, 6) is 2.06. The number of aryl methyl sites for hydroxylation is 1. The SMILES string of the molecule is CCc1nccn1CC(NC)C1CCCCC1. The topological polar surface area (TPSA) is 29.9 Å². The molecule has 2 rings (SSSR count). The van der Waals surface area contributed by atoms with Gasteiger partial charge in [-0.15, -0.1) is 0 Å². The smallest absolute Gasteiger partial charge is 0.108 e. The second-order valence-electron chi connectivity index (χ2n) is 5.14. The van der Waals surface area contributed by atoms with Crippen molar-refractivity contribution >= 4 is 0 Å². The second-order valence-corrected chi connectivity index (χ2v) is 5.14. The maximum Gasteiger partial charge on any atom is 0.108 e. The van der Waals surface area contributed by atoms with Crippen LogP contribution in [0.15, 0.2) is 12.4 Å². The van der Waals surface area contributed by atoms with Crippen LogP contribution in [0.3, 0.4) is 0 Å². The summed E-state index contributed by atoms with van der Waals surface area (Å²) < 4.78 is 2.32. The molecule has 0 spiro atoms. The zero-order valence-corrected chi connectivity index (χ0v) is 11.2. The van der Waals surface area contributed by atoms with Crippen molar-refractivity contribution in [3.05, 3.63) is 18.2 Å². The molecule has 0 radical (unpaired) electrons. The van der Waals surface area contributed by atoms with Crippen LogP contribution in [0.5, 0.6) is 0 Å². The molecule has 1 N–H and O–H groups in total. The molecule has 0 aromatic carbocycles. The van der Waals surface area contributed by atoms with Crippen molar-refractivity contribution < 1.29 is 0 Å². The van der Waals surface area contributed by atoms with Crippen molar-refractivity contribution in [2.75, 3.05) is 7.05 Å². The highest BCUT2D eigenvalue weighted by Gasteiger charge is 2.22. The predicted octanol–water partition coefficient (Wildman–Crippen LogP) is 2.61. The molecular formula is C14H25N3. The third-order valence-electron chi connectivity index (χ3n) is 4.10. The van der Waals surface area contributed by atoms with Gasteiger partial charge in [0.1, 0.15) is 5.82 Å². The summed E-state index contributed by atoms with van der Waals surface area (Å²) in [6.07, 6.45) is 12.1. The maximum atomic E-state index is 4.40. The number of imidazole rings is 1. The Hall–Kier alpha value is -0.830. The van der Waals surface area contributed by atoms with E-state index in [1.54, 1.807) is 0 Å². The van der Waals surface area contributed by atoms with Crippen LogP contribution in [-0.2, 0) is 13.0 Å². The maximum absolute atomic E-state index is 4.40. The van der Waals surface area contributed by atoms with Gasteiger partial charge in [0, 0.05) is 31.4 Å². The summed E-state index contributed by atoms with van der Waals surface area (Å²) in [5, 5.41) is 3.51. The molecule has 96 valence electrons. The van der Waals surface area contributed by atoms with Gasteiger partial charge >= 0.3 is 0 Å². The first-order valence-electron chi connectivity index (χ1n) is 7.02. The first-order valence-corrected chi connectivity index (χ1v) is 7.02. The van der Waals surface area contributed by atoms with E-state index in [0.29, 0.717) is 6.04 Å². The molecule has 0 amide bonds. The van der Waals surface area contributed by atoms with Crippen molar-refractivity contribution in [2.24, 2.45) is 5.92 Å². The van der Waals surface area contributed by atoms with Crippen LogP contribution in [0.1, 0.15) is 44.9 Å². The van der Waals surface area contributed by atoms with Crippen LogP contribution >= 0.6 is 0 Å². The Balaban J connectivity index is 1.98. The van der Waals surface area contributed by atoms with Crippen LogP contribution in [-0.4, -0.2) is 22.6 Å². The van der Waals surface area contributed by atoms with E-state index in [0.717, 1.165) is 18.9 Å². The summed E-state index contributed by atoms with van der Waals surface area (Å²) in [7, 11) is 2.10. The zero-order valence-electron chi connectivity index (χ0n) is 11.2. The minimum absolute atomic E-state index is 0.606. The molecule has 0 bridgehead atoms. The fourth-order valence-corrected chi connectivity index (χ4v) is 3.05. The summed E-state index contributed by atoms with van der Waals surface area (Å²) in [4.78, 5) is 4.40. The summed E-state index contributed by atoms with van der Waals surface area (Å²) in [5.41, 5.74) is 0. The van der Waals surface area contributed by atoms with E-state index in [2.05, 4.69) is 35.0 Å². The van der Waals surface area contributed by atoms with Gasteiger partial charge in [0.25, 0.3) is 0 Å². The van der Waals surface area contributed by atoms with Gasteiger partial charge in [0.15, 0.2) is 0 Å². The van der Waals surface area contributed by atoms with E-state index in [4.69, 9.17) is 0 Å². The average Bonchev–Trinajstić information content (AvgIpc) is 2.84. The van der Waals surface area contributed by atoms with E-state index in [1.165, 1.54) is 37.9 Å². The predicted molar refractivity (Wildman–Crippen MR) is 71.0 cm³/mol. The minimum atomic E-state index is 0.606. The Morgan fingerprint density at radius 2 is 2.18 bits per heavy atom. The molecule has 1 fully saturated rings. The molecule has 1 aliphatic rings. The third kappa shape index (κ3) is 3.09. The minimum Gasteiger partial charge on any atom is -0.333 e. The van der Waals surface area contributed by atoms with Gasteiger partial charge < -0.3 is 9.88 Å². The van der Waals surface area contributed by atoms with Crippen LogP contribution in [0.2, 0.25) is 0 Å². The lowest BCUT2D eigenvalue weighted by atomic mass is 9.84. The molecule has 17 heavy (non-hydrogen) atoms. The Morgan fingerprint density at radius 1 is 1.41 bits per heavy atom. The highest BCUT2D eigenvalue weighted by Crippen LogP contribution is 2.27. The zero-order chi connectivity index (χ0) is 12.1. The van der Waals surface area contributed by atoms with E-state index in [-0.39, 0.29) is 0 Å². The van der Waals surface area contributed by atoms with Crippen molar-refractivity contribution in [1.82, 2.24) is 14.9 Å². The Morgan fingerprint density at radius 3 is 2.82 bits per heavy atom. The van der Waals surface area contributed by atoms with Gasteiger partial charge in [-0.05, 0) is 25.8 Å². The standard InChI is InChI=1S/C14H25N3/c1-3-14-16-9-10-17(14)11-13(15-2)12-7-5-4-6-8-12/h9-10,12-13,15H,3-8,11H2,1-2H3. The number of nitrogens with one attached hydrogen (secondary N) is 1. The quantitative estimate of drug-likeness (QED) is 0.850. The number of aromatic nitrogens is 2. The number of nitrogens with zero attached hydrogens (tertiary/aromatic N) is 2. The molecule has 1 atom stereocenters. The molecule has 1 aliphatic carbocycles. The molecule has 1 aromatic heterocycles. The summed E-state index contributed by atoms with van der Waals surface area (Å²) in [6.45, 7) is 3.25. The number of hydrogen-bond donors (Lipinski definition) is 1. The van der Waals surface area contributed by atoms with Gasteiger partial charge in [-0.3, -0.25) is 0 Å². The van der Waals surface area contributed by atoms with E-state index in [1.807, 2.05) is 6.20 Å². The van der Waals surface area contributed by atoms with Gasteiger partial charge in [-0.2, -0.15) is 0 Å². The number of rotatable bonds is 5. The molecule has 1 saturated carbocycles. The van der Waals surface area contributed by atoms with E-state index >= 15 is 0 Å². The van der Waals surface area contributed by atoms with E-state index in [9.17, 15) is 0 Å². The second kappa shape index (κ2) is 6.20. The molecular weight excluding hydrogens is 210 g/mol. The Labute approximate surface area is 105 Å². The fourth-order valence-electron chi connectivity index (χ4n) is 3.05. The Bertz CT molecular complexity index is 326. The monoisotopic (exact) mass is 235 g/mol. The van der Waals surface area contributed by atoms with E-state index < -0.39 is 0 Å². The summed E-state index contributed by atoms with van der Waals surface area (Å²) >= 11 is 0. The van der Waals surface area contributed by atoms with Crippen LogP contribution in [0, 0.1) is 5.92 Å². The molecule has 3 heteroatoms. The lowest BCUT2D eigenvalue weighted by Crippen LogP contribution is -2.38. The lowest BCUT2D eigenvalue weighted by molar-refractivity contribution is 0.256. The fraction of sp³-hybridized carbons (Fsp3) is 0.786. The molecule has 0 saturated heterocycles. The largest absolute Gasteiger partial charge is 0.333 e. The van der Waals surface area contributed by atoms with Gasteiger partial charge in [-0.25, -0.2) is 4.98 Å². The van der Waals surface area contributed by atoms with Crippen LogP contribution in [0.4, 0.5) is 0 Å². The van der Waals surface area contributed by atoms with Crippen molar-refractivity contribution in [3.8, 4) is 0 Å². The molecule has 0 aliphatic heterocycles. The molecule has 3 nitrogen and oxygen atoms in total. The van der Waals surface area contributed by atoms with Crippen LogP contribution in [0.25, 0.3) is 0 Å². The Kier molecular flexibility index (Phi) is 4.60.